The Morgan fingerprint density at radius 2 is 2.07 bits per heavy atom. The first-order valence-electron chi connectivity index (χ1n) is 4.69. The lowest BCUT2D eigenvalue weighted by atomic mass is 10.4. The van der Waals surface area contributed by atoms with Gasteiger partial charge in [0.1, 0.15) is 11.0 Å². The zero-order chi connectivity index (χ0) is 11.2. The molecule has 0 unspecified atom stereocenters. The molecule has 6 heteroatoms. The number of fused-ring (bicyclic) bond motifs is 1. The zero-order valence-corrected chi connectivity index (χ0v) is 8.81. The molecule has 0 bridgehead atoms. The van der Waals surface area contributed by atoms with Gasteiger partial charge in [-0.1, -0.05) is 0 Å². The van der Waals surface area contributed by atoms with Gasteiger partial charge in [-0.15, -0.1) is 0 Å². The number of nitrogens with zero attached hydrogens (tertiary/aromatic N) is 3. The van der Waals surface area contributed by atoms with Crippen LogP contribution in [-0.4, -0.2) is 19.3 Å². The molecule has 0 fully saturated rings. The molecule has 0 aromatic carbocycles. The maximum Gasteiger partial charge on any atom is 0.329 e. The van der Waals surface area contributed by atoms with Crippen LogP contribution in [0.2, 0.25) is 0 Å². The molecule has 6 nitrogen and oxygen atoms in total. The number of rotatable bonds is 1. The molecule has 0 spiro atoms. The van der Waals surface area contributed by atoms with Crippen molar-refractivity contribution < 1.29 is 0 Å². The van der Waals surface area contributed by atoms with E-state index in [1.807, 2.05) is 13.8 Å². The summed E-state index contributed by atoms with van der Waals surface area (Å²) in [5, 5.41) is 4.51. The Hall–Kier alpha value is -1.85. The van der Waals surface area contributed by atoms with E-state index in [0.29, 0.717) is 11.0 Å². The molecule has 80 valence electrons. The fraction of sp³-hybridized carbons (Fsp3) is 0.444. The first kappa shape index (κ1) is 9.70. The lowest BCUT2D eigenvalue weighted by Gasteiger charge is -2.06. The fourth-order valence-corrected chi connectivity index (χ4v) is 1.49. The summed E-state index contributed by atoms with van der Waals surface area (Å²) in [6, 6.07) is 0.102. The molecule has 0 amide bonds. The molecule has 0 aliphatic rings. The molecule has 0 saturated carbocycles. The number of aromatic amines is 1. The standard InChI is InChI=1S/C9H12N4O2/c1-5(2)13-7-6(4-10-13)8(14)12(3)9(15)11-7/h4-5H,1-3H3,(H,11,15). The highest BCUT2D eigenvalue weighted by Crippen LogP contribution is 2.09. The van der Waals surface area contributed by atoms with Gasteiger partial charge in [0.25, 0.3) is 5.56 Å². The minimum Gasteiger partial charge on any atom is -0.291 e. The Balaban J connectivity index is 2.96. The van der Waals surface area contributed by atoms with Crippen molar-refractivity contribution >= 4 is 11.0 Å². The molecule has 0 aliphatic carbocycles. The minimum atomic E-state index is -0.421. The highest BCUT2D eigenvalue weighted by molar-refractivity contribution is 5.72. The highest BCUT2D eigenvalue weighted by Gasteiger charge is 2.11. The van der Waals surface area contributed by atoms with Crippen molar-refractivity contribution in [1.82, 2.24) is 19.3 Å². The second-order valence-corrected chi connectivity index (χ2v) is 3.74. The van der Waals surface area contributed by atoms with Crippen molar-refractivity contribution in [3.63, 3.8) is 0 Å². The summed E-state index contributed by atoms with van der Waals surface area (Å²) >= 11 is 0. The number of hydrogen-bond donors (Lipinski definition) is 1. The van der Waals surface area contributed by atoms with Gasteiger partial charge in [-0.05, 0) is 13.8 Å². The second-order valence-electron chi connectivity index (χ2n) is 3.74. The molecule has 1 N–H and O–H groups in total. The van der Waals surface area contributed by atoms with Crippen molar-refractivity contribution in [2.75, 3.05) is 0 Å². The lowest BCUT2D eigenvalue weighted by molar-refractivity contribution is 0.545. The number of hydrogen-bond acceptors (Lipinski definition) is 3. The molecule has 2 heterocycles. The largest absolute Gasteiger partial charge is 0.329 e. The van der Waals surface area contributed by atoms with Crippen molar-refractivity contribution in [3.8, 4) is 0 Å². The number of H-pyrrole nitrogens is 1. The maximum absolute atomic E-state index is 11.7. The fourth-order valence-electron chi connectivity index (χ4n) is 1.49. The van der Waals surface area contributed by atoms with E-state index >= 15 is 0 Å². The molecule has 0 atom stereocenters. The normalized spacial score (nSPS) is 11.5. The van der Waals surface area contributed by atoms with Crippen LogP contribution in [-0.2, 0) is 7.05 Å². The van der Waals surface area contributed by atoms with E-state index in [4.69, 9.17) is 0 Å². The zero-order valence-electron chi connectivity index (χ0n) is 8.81. The first-order chi connectivity index (χ1) is 7.02. The highest BCUT2D eigenvalue weighted by atomic mass is 16.2. The lowest BCUT2D eigenvalue weighted by Crippen LogP contribution is -2.32. The third-order valence-electron chi connectivity index (χ3n) is 2.35. The van der Waals surface area contributed by atoms with Crippen molar-refractivity contribution in [3.05, 3.63) is 27.0 Å². The summed E-state index contributed by atoms with van der Waals surface area (Å²) in [5.74, 6) is 0. The third kappa shape index (κ3) is 1.29. The second kappa shape index (κ2) is 3.08. The Morgan fingerprint density at radius 1 is 1.40 bits per heavy atom. The van der Waals surface area contributed by atoms with Crippen molar-refractivity contribution in [1.29, 1.82) is 0 Å². The van der Waals surface area contributed by atoms with Gasteiger partial charge < -0.3 is 0 Å². The maximum atomic E-state index is 11.7. The SMILES string of the molecule is CC(C)n1ncc2c(=O)n(C)c(=O)[nH]c21. The van der Waals surface area contributed by atoms with Gasteiger partial charge in [-0.2, -0.15) is 5.10 Å². The van der Waals surface area contributed by atoms with Gasteiger partial charge in [-0.3, -0.25) is 14.3 Å². The Kier molecular flexibility index (Phi) is 1.99. The van der Waals surface area contributed by atoms with Gasteiger partial charge in [0.2, 0.25) is 0 Å². The summed E-state index contributed by atoms with van der Waals surface area (Å²) in [6.45, 7) is 3.87. The predicted octanol–water partition coefficient (Wildman–Crippen LogP) is 0.00420. The van der Waals surface area contributed by atoms with Crippen molar-refractivity contribution in [2.24, 2.45) is 7.05 Å². The smallest absolute Gasteiger partial charge is 0.291 e. The van der Waals surface area contributed by atoms with Crippen LogP contribution in [0.15, 0.2) is 15.8 Å². The summed E-state index contributed by atoms with van der Waals surface area (Å²) in [7, 11) is 1.44. The van der Waals surface area contributed by atoms with Crippen LogP contribution >= 0.6 is 0 Å². The van der Waals surface area contributed by atoms with Gasteiger partial charge >= 0.3 is 5.69 Å². The van der Waals surface area contributed by atoms with E-state index in [0.717, 1.165) is 4.57 Å². The molecule has 2 aromatic heterocycles. The molecular weight excluding hydrogens is 196 g/mol. The Labute approximate surface area is 85.2 Å². The Bertz CT molecular complexity index is 617. The van der Waals surface area contributed by atoms with Crippen LogP contribution in [0, 0.1) is 0 Å². The molecule has 2 aromatic rings. The molecule has 0 saturated heterocycles. The molecule has 0 aliphatic heterocycles. The monoisotopic (exact) mass is 208 g/mol. The molecule has 2 rings (SSSR count). The van der Waals surface area contributed by atoms with Gasteiger partial charge in [-0.25, -0.2) is 9.48 Å². The first-order valence-corrected chi connectivity index (χ1v) is 4.69. The Morgan fingerprint density at radius 3 is 2.67 bits per heavy atom. The average Bonchev–Trinajstić information content (AvgIpc) is 2.58. The molecule has 0 radical (unpaired) electrons. The van der Waals surface area contributed by atoms with E-state index in [9.17, 15) is 9.59 Å². The van der Waals surface area contributed by atoms with E-state index < -0.39 is 5.69 Å². The average molecular weight is 208 g/mol. The van der Waals surface area contributed by atoms with Gasteiger partial charge in [0, 0.05) is 13.1 Å². The third-order valence-corrected chi connectivity index (χ3v) is 2.35. The van der Waals surface area contributed by atoms with E-state index in [2.05, 4.69) is 10.1 Å². The van der Waals surface area contributed by atoms with Crippen LogP contribution in [0.25, 0.3) is 11.0 Å². The topological polar surface area (TPSA) is 72.7 Å². The number of nitrogens with one attached hydrogen (secondary N) is 1. The van der Waals surface area contributed by atoms with E-state index in [1.54, 1.807) is 4.68 Å². The van der Waals surface area contributed by atoms with Crippen LogP contribution in [0.1, 0.15) is 19.9 Å². The minimum absolute atomic E-state index is 0.102. The summed E-state index contributed by atoms with van der Waals surface area (Å²) in [5.41, 5.74) is -0.256. The van der Waals surface area contributed by atoms with Gasteiger partial charge in [0.15, 0.2) is 0 Å². The van der Waals surface area contributed by atoms with Crippen LogP contribution in [0.4, 0.5) is 0 Å². The number of aromatic nitrogens is 4. The van der Waals surface area contributed by atoms with Crippen LogP contribution in [0.3, 0.4) is 0 Å². The summed E-state index contributed by atoms with van der Waals surface area (Å²) in [4.78, 5) is 25.7. The molecular formula is C9H12N4O2. The summed E-state index contributed by atoms with van der Waals surface area (Å²) in [6.07, 6.45) is 1.48. The van der Waals surface area contributed by atoms with E-state index in [1.165, 1.54) is 13.2 Å². The summed E-state index contributed by atoms with van der Waals surface area (Å²) < 4.78 is 2.66. The van der Waals surface area contributed by atoms with Crippen LogP contribution in [0.5, 0.6) is 0 Å². The van der Waals surface area contributed by atoms with E-state index in [-0.39, 0.29) is 11.6 Å². The molecule has 15 heavy (non-hydrogen) atoms. The van der Waals surface area contributed by atoms with Gasteiger partial charge in [0.05, 0.1) is 6.20 Å². The predicted molar refractivity (Wildman–Crippen MR) is 56.0 cm³/mol. The van der Waals surface area contributed by atoms with Crippen LogP contribution < -0.4 is 11.2 Å². The quantitative estimate of drug-likeness (QED) is 0.717. The van der Waals surface area contributed by atoms with Crippen molar-refractivity contribution in [2.45, 2.75) is 19.9 Å².